The summed E-state index contributed by atoms with van der Waals surface area (Å²) in [5.74, 6) is 0. The van der Waals surface area contributed by atoms with Crippen molar-refractivity contribution < 1.29 is 4.74 Å². The molecule has 0 saturated carbocycles. The van der Waals surface area contributed by atoms with E-state index in [0.29, 0.717) is 0 Å². The average molecular weight is 238 g/mol. The predicted octanol–water partition coefficient (Wildman–Crippen LogP) is 5.97. The van der Waals surface area contributed by atoms with Gasteiger partial charge in [-0.3, -0.25) is 0 Å². The number of hydrogen-bond donors (Lipinski definition) is 0. The van der Waals surface area contributed by atoms with Crippen LogP contribution in [0.25, 0.3) is 0 Å². The minimum absolute atomic E-state index is 1.14. The first-order valence-electron chi connectivity index (χ1n) is 7.37. The van der Waals surface area contributed by atoms with Gasteiger partial charge in [0.1, 0.15) is 0 Å². The van der Waals surface area contributed by atoms with Crippen LogP contribution in [0.4, 0.5) is 0 Å². The predicted molar refractivity (Wildman–Crippen MR) is 76.9 cm³/mol. The largest absolute Gasteiger partial charge is 0.473 e. The molecule has 1 heteroatoms. The van der Waals surface area contributed by atoms with Crippen LogP contribution >= 0.6 is 0 Å². The zero-order valence-electron chi connectivity index (χ0n) is 11.8. The van der Waals surface area contributed by atoms with E-state index in [1.54, 1.807) is 0 Å². The van der Waals surface area contributed by atoms with E-state index in [-0.39, 0.29) is 0 Å². The Morgan fingerprint density at radius 3 is 1.53 bits per heavy atom. The first-order valence-corrected chi connectivity index (χ1v) is 7.37. The van der Waals surface area contributed by atoms with Gasteiger partial charge in [0.05, 0.1) is 12.5 Å². The minimum Gasteiger partial charge on any atom is -0.473 e. The summed E-state index contributed by atoms with van der Waals surface area (Å²) in [4.78, 5) is 0. The Morgan fingerprint density at radius 1 is 0.647 bits per heavy atom. The summed E-state index contributed by atoms with van der Waals surface area (Å²) in [5, 5.41) is 0. The van der Waals surface area contributed by atoms with Crippen LogP contribution in [0.15, 0.2) is 24.7 Å². The summed E-state index contributed by atoms with van der Waals surface area (Å²) >= 11 is 0. The Kier molecular flexibility index (Phi) is 14.6. The molecular formula is C16H30O. The summed E-state index contributed by atoms with van der Waals surface area (Å²) in [6.45, 7) is 4.48. The van der Waals surface area contributed by atoms with Gasteiger partial charge in [-0.2, -0.15) is 0 Å². The van der Waals surface area contributed by atoms with Crippen molar-refractivity contribution in [2.75, 3.05) is 0 Å². The molecule has 17 heavy (non-hydrogen) atoms. The lowest BCUT2D eigenvalue weighted by Crippen LogP contribution is -1.75. The summed E-state index contributed by atoms with van der Waals surface area (Å²) in [7, 11) is 0. The highest BCUT2D eigenvalue weighted by molar-refractivity contribution is 4.79. The van der Waals surface area contributed by atoms with Crippen molar-refractivity contribution in [2.45, 2.75) is 78.1 Å². The van der Waals surface area contributed by atoms with Crippen molar-refractivity contribution in [3.63, 3.8) is 0 Å². The maximum absolute atomic E-state index is 5.29. The Morgan fingerprint density at radius 2 is 1.12 bits per heavy atom. The molecule has 0 aromatic carbocycles. The van der Waals surface area contributed by atoms with Gasteiger partial charge in [0.2, 0.25) is 0 Å². The molecule has 0 atom stereocenters. The molecule has 0 spiro atoms. The van der Waals surface area contributed by atoms with E-state index in [1.165, 1.54) is 51.4 Å². The molecule has 0 rings (SSSR count). The first-order chi connectivity index (χ1) is 8.41. The van der Waals surface area contributed by atoms with Gasteiger partial charge in [0.25, 0.3) is 0 Å². The topological polar surface area (TPSA) is 9.23 Å². The highest BCUT2D eigenvalue weighted by atomic mass is 16.5. The normalized spacial score (nSPS) is 11.6. The van der Waals surface area contributed by atoms with Crippen molar-refractivity contribution in [1.29, 1.82) is 0 Å². The van der Waals surface area contributed by atoms with Crippen LogP contribution in [-0.4, -0.2) is 0 Å². The van der Waals surface area contributed by atoms with Crippen molar-refractivity contribution in [3.8, 4) is 0 Å². The lowest BCUT2D eigenvalue weighted by molar-refractivity contribution is 0.398. The van der Waals surface area contributed by atoms with E-state index < -0.39 is 0 Å². The van der Waals surface area contributed by atoms with Crippen LogP contribution < -0.4 is 0 Å². The Balaban J connectivity index is 3.14. The van der Waals surface area contributed by atoms with E-state index in [4.69, 9.17) is 4.74 Å². The number of unbranched alkanes of at least 4 members (excludes halogenated alkanes) is 8. The number of hydrogen-bond acceptors (Lipinski definition) is 1. The molecule has 0 aliphatic heterocycles. The fraction of sp³-hybridized carbons (Fsp3) is 0.750. The van der Waals surface area contributed by atoms with E-state index in [9.17, 15) is 0 Å². The monoisotopic (exact) mass is 238 g/mol. The quantitative estimate of drug-likeness (QED) is 0.300. The van der Waals surface area contributed by atoms with Crippen LogP contribution in [0, 0.1) is 0 Å². The van der Waals surface area contributed by atoms with Crippen molar-refractivity contribution in [1.82, 2.24) is 0 Å². The Labute approximate surface area is 108 Å². The summed E-state index contributed by atoms with van der Waals surface area (Å²) in [5.41, 5.74) is 0. The Bertz CT molecular complexity index is 162. The van der Waals surface area contributed by atoms with E-state index in [0.717, 1.165) is 12.8 Å². The van der Waals surface area contributed by atoms with Gasteiger partial charge in [-0.15, -0.1) is 0 Å². The zero-order valence-corrected chi connectivity index (χ0v) is 11.8. The molecule has 0 N–H and O–H groups in total. The first kappa shape index (κ1) is 16.3. The molecule has 0 unspecified atom stereocenters. The number of ether oxygens (including phenoxy) is 1. The summed E-state index contributed by atoms with van der Waals surface area (Å²) in [6.07, 6.45) is 20.7. The van der Waals surface area contributed by atoms with Crippen molar-refractivity contribution >= 4 is 0 Å². The lowest BCUT2D eigenvalue weighted by Gasteiger charge is -1.95. The van der Waals surface area contributed by atoms with Crippen LogP contribution in [0.1, 0.15) is 78.1 Å². The lowest BCUT2D eigenvalue weighted by atomic mass is 10.1. The van der Waals surface area contributed by atoms with E-state index in [1.807, 2.05) is 12.5 Å². The van der Waals surface area contributed by atoms with Crippen LogP contribution in [0.3, 0.4) is 0 Å². The second kappa shape index (κ2) is 15.3. The highest BCUT2D eigenvalue weighted by Crippen LogP contribution is 2.04. The molecule has 100 valence electrons. The second-order valence-electron chi connectivity index (χ2n) is 4.58. The van der Waals surface area contributed by atoms with Crippen LogP contribution in [0.2, 0.25) is 0 Å². The number of rotatable bonds is 12. The van der Waals surface area contributed by atoms with E-state index >= 15 is 0 Å². The molecule has 0 aliphatic carbocycles. The fourth-order valence-electron chi connectivity index (χ4n) is 1.67. The minimum atomic E-state index is 1.14. The van der Waals surface area contributed by atoms with Gasteiger partial charge >= 0.3 is 0 Å². The van der Waals surface area contributed by atoms with Gasteiger partial charge < -0.3 is 4.74 Å². The molecule has 0 saturated heterocycles. The molecule has 0 radical (unpaired) electrons. The molecule has 0 aromatic heterocycles. The third-order valence-electron chi connectivity index (χ3n) is 2.80. The molecule has 0 bridgehead atoms. The molecule has 0 aromatic rings. The SMILES string of the molecule is CCCCCCC=COC=CCCCCCC. The van der Waals surface area contributed by atoms with Gasteiger partial charge in [-0.25, -0.2) is 0 Å². The van der Waals surface area contributed by atoms with Gasteiger partial charge in [0.15, 0.2) is 0 Å². The Hall–Kier alpha value is -0.720. The van der Waals surface area contributed by atoms with E-state index in [2.05, 4.69) is 26.0 Å². The van der Waals surface area contributed by atoms with Crippen molar-refractivity contribution in [2.24, 2.45) is 0 Å². The smallest absolute Gasteiger partial charge is 0.0861 e. The molecule has 1 nitrogen and oxygen atoms in total. The third-order valence-corrected chi connectivity index (χ3v) is 2.80. The zero-order chi connectivity index (χ0) is 12.6. The standard InChI is InChI=1S/C16H30O/c1-3-5-7-9-11-13-15-17-16-14-12-10-8-6-4-2/h13-16H,3-12H2,1-2H3. The van der Waals surface area contributed by atoms with Crippen LogP contribution in [-0.2, 0) is 4.74 Å². The molecule has 0 amide bonds. The van der Waals surface area contributed by atoms with Crippen LogP contribution in [0.5, 0.6) is 0 Å². The molecule has 0 fully saturated rings. The second-order valence-corrected chi connectivity index (χ2v) is 4.58. The van der Waals surface area contributed by atoms with Crippen molar-refractivity contribution in [3.05, 3.63) is 24.7 Å². The summed E-state index contributed by atoms with van der Waals surface area (Å²) < 4.78 is 5.29. The number of allylic oxidation sites excluding steroid dienone is 2. The molecule has 0 aliphatic rings. The fourth-order valence-corrected chi connectivity index (χ4v) is 1.67. The average Bonchev–Trinajstić information content (AvgIpc) is 2.35. The van der Waals surface area contributed by atoms with Gasteiger partial charge in [-0.1, -0.05) is 52.4 Å². The third kappa shape index (κ3) is 15.3. The maximum Gasteiger partial charge on any atom is 0.0861 e. The van der Waals surface area contributed by atoms with Gasteiger partial charge in [0, 0.05) is 0 Å². The van der Waals surface area contributed by atoms with Gasteiger partial charge in [-0.05, 0) is 37.8 Å². The molecule has 0 heterocycles. The molecular weight excluding hydrogens is 208 g/mol. The highest BCUT2D eigenvalue weighted by Gasteiger charge is 1.85. The maximum atomic E-state index is 5.29. The summed E-state index contributed by atoms with van der Waals surface area (Å²) in [6, 6.07) is 0.